The Morgan fingerprint density at radius 1 is 0.810 bits per heavy atom. The van der Waals surface area contributed by atoms with E-state index in [1.807, 2.05) is 24.3 Å². The van der Waals surface area contributed by atoms with Gasteiger partial charge in [0, 0.05) is 6.08 Å². The molecule has 4 rings (SSSR count). The van der Waals surface area contributed by atoms with Crippen LogP contribution in [0.15, 0.2) is 79.0 Å². The molecule has 0 spiro atoms. The van der Waals surface area contributed by atoms with Gasteiger partial charge in [-0.25, -0.2) is 0 Å². The minimum absolute atomic E-state index is 0.539. The minimum atomic E-state index is 0.539. The fraction of sp³-hybridized carbons (Fsp3) is 0.0526. The second kappa shape index (κ2) is 4.98. The molecule has 0 saturated carbocycles. The summed E-state index contributed by atoms with van der Waals surface area (Å²) in [7, 11) is 0. The van der Waals surface area contributed by atoms with Crippen molar-refractivity contribution in [3.05, 3.63) is 79.0 Å². The summed E-state index contributed by atoms with van der Waals surface area (Å²) in [6.45, 7) is 0. The molecule has 0 N–H and O–H groups in total. The molecule has 2 nitrogen and oxygen atoms in total. The second-order valence-electron chi connectivity index (χ2n) is 5.06. The van der Waals surface area contributed by atoms with Crippen LogP contribution in [0.2, 0.25) is 0 Å². The number of ether oxygens (including phenoxy) is 2. The highest BCUT2D eigenvalue weighted by Gasteiger charge is 2.05. The predicted octanol–water partition coefficient (Wildman–Crippen LogP) is 5.15. The molecule has 0 aromatic heterocycles. The zero-order valence-corrected chi connectivity index (χ0v) is 11.5. The summed E-state index contributed by atoms with van der Waals surface area (Å²) in [5.74, 6) is 1.33. The maximum atomic E-state index is 5.76. The Balaban J connectivity index is 1.74. The number of benzene rings is 3. The fourth-order valence-electron chi connectivity index (χ4n) is 2.55. The van der Waals surface area contributed by atoms with Gasteiger partial charge in [-0.15, -0.1) is 0 Å². The highest BCUT2D eigenvalue weighted by atomic mass is 16.7. The Morgan fingerprint density at radius 3 is 2.33 bits per heavy atom. The third-order valence-corrected chi connectivity index (χ3v) is 3.60. The molecular weight excluding hydrogens is 260 g/mol. The topological polar surface area (TPSA) is 18.5 Å². The van der Waals surface area contributed by atoms with Crippen molar-refractivity contribution in [2.45, 2.75) is 6.42 Å². The first-order valence-corrected chi connectivity index (χ1v) is 7.01. The van der Waals surface area contributed by atoms with Crippen LogP contribution in [0.5, 0.6) is 5.75 Å². The normalized spacial score (nSPS) is 14.0. The standard InChI is InChI=1S/C19H14O2/c1-2-6-15-12-17-13-18(21-19-7-3-4-10-20-19)9-8-16(17)11-14(15)5-1/h1-2,4-13H,3H2. The van der Waals surface area contributed by atoms with Crippen LogP contribution >= 0.6 is 0 Å². The summed E-state index contributed by atoms with van der Waals surface area (Å²) in [4.78, 5) is 0. The van der Waals surface area contributed by atoms with Gasteiger partial charge in [0.15, 0.2) is 0 Å². The van der Waals surface area contributed by atoms with Crippen molar-refractivity contribution in [3.8, 4) is 5.75 Å². The molecule has 0 bridgehead atoms. The summed E-state index contributed by atoms with van der Waals surface area (Å²) in [6, 6.07) is 18.9. The molecule has 1 heterocycles. The molecule has 0 amide bonds. The van der Waals surface area contributed by atoms with Crippen LogP contribution in [0.1, 0.15) is 6.42 Å². The van der Waals surface area contributed by atoms with E-state index < -0.39 is 0 Å². The van der Waals surface area contributed by atoms with E-state index in [-0.39, 0.29) is 0 Å². The average Bonchev–Trinajstić information content (AvgIpc) is 2.54. The van der Waals surface area contributed by atoms with E-state index in [1.165, 1.54) is 16.2 Å². The molecular formula is C19H14O2. The van der Waals surface area contributed by atoms with Gasteiger partial charge in [-0.2, -0.15) is 0 Å². The molecule has 0 fully saturated rings. The Hall–Kier alpha value is -2.74. The molecule has 2 heteroatoms. The van der Waals surface area contributed by atoms with E-state index in [1.54, 1.807) is 6.26 Å². The quantitative estimate of drug-likeness (QED) is 0.602. The first kappa shape index (κ1) is 12.0. The number of allylic oxidation sites excluding steroid dienone is 2. The third kappa shape index (κ3) is 2.36. The summed E-state index contributed by atoms with van der Waals surface area (Å²) in [5, 5.41) is 4.86. The maximum Gasteiger partial charge on any atom is 0.285 e. The molecule has 1 aliphatic heterocycles. The van der Waals surface area contributed by atoms with Crippen molar-refractivity contribution in [2.75, 3.05) is 0 Å². The third-order valence-electron chi connectivity index (χ3n) is 3.60. The lowest BCUT2D eigenvalue weighted by atomic mass is 10.0. The molecule has 0 atom stereocenters. The smallest absolute Gasteiger partial charge is 0.285 e. The maximum absolute atomic E-state index is 5.76. The molecule has 0 aliphatic carbocycles. The molecule has 21 heavy (non-hydrogen) atoms. The Morgan fingerprint density at radius 2 is 1.57 bits per heavy atom. The van der Waals surface area contributed by atoms with Gasteiger partial charge in [0.1, 0.15) is 5.75 Å². The molecule has 1 aliphatic rings. The first-order chi connectivity index (χ1) is 10.4. The van der Waals surface area contributed by atoms with Crippen molar-refractivity contribution in [3.63, 3.8) is 0 Å². The van der Waals surface area contributed by atoms with Crippen molar-refractivity contribution >= 4 is 21.5 Å². The number of fused-ring (bicyclic) bond motifs is 2. The average molecular weight is 274 g/mol. The molecule has 3 aromatic carbocycles. The van der Waals surface area contributed by atoms with Gasteiger partial charge >= 0.3 is 0 Å². The molecule has 102 valence electrons. The zero-order chi connectivity index (χ0) is 14.1. The van der Waals surface area contributed by atoms with Gasteiger partial charge in [0.25, 0.3) is 5.95 Å². The number of hydrogen-bond acceptors (Lipinski definition) is 2. The largest absolute Gasteiger partial charge is 0.435 e. The molecule has 3 aromatic rings. The Kier molecular flexibility index (Phi) is 2.86. The van der Waals surface area contributed by atoms with Gasteiger partial charge < -0.3 is 9.47 Å². The molecule has 0 unspecified atom stereocenters. The van der Waals surface area contributed by atoms with Crippen molar-refractivity contribution in [2.24, 2.45) is 0 Å². The van der Waals surface area contributed by atoms with E-state index >= 15 is 0 Å². The predicted molar refractivity (Wildman–Crippen MR) is 85.0 cm³/mol. The summed E-state index contributed by atoms with van der Waals surface area (Å²) in [5.41, 5.74) is 0. The molecule has 0 saturated heterocycles. The lowest BCUT2D eigenvalue weighted by molar-refractivity contribution is 0.178. The second-order valence-corrected chi connectivity index (χ2v) is 5.06. The van der Waals surface area contributed by atoms with Gasteiger partial charge in [-0.05, 0) is 58.3 Å². The fourth-order valence-corrected chi connectivity index (χ4v) is 2.55. The van der Waals surface area contributed by atoms with Crippen LogP contribution in [0.4, 0.5) is 0 Å². The monoisotopic (exact) mass is 274 g/mol. The minimum Gasteiger partial charge on any atom is -0.435 e. The van der Waals surface area contributed by atoms with Gasteiger partial charge in [0.05, 0.1) is 6.26 Å². The Labute approximate surface area is 122 Å². The van der Waals surface area contributed by atoms with Crippen LogP contribution < -0.4 is 4.74 Å². The van der Waals surface area contributed by atoms with Crippen LogP contribution in [0, 0.1) is 0 Å². The van der Waals surface area contributed by atoms with Crippen LogP contribution in [0.3, 0.4) is 0 Å². The van der Waals surface area contributed by atoms with Gasteiger partial charge in [-0.1, -0.05) is 30.3 Å². The van der Waals surface area contributed by atoms with Crippen LogP contribution in [-0.2, 0) is 4.74 Å². The van der Waals surface area contributed by atoms with Crippen LogP contribution in [0.25, 0.3) is 21.5 Å². The van der Waals surface area contributed by atoms with Crippen molar-refractivity contribution in [1.82, 2.24) is 0 Å². The van der Waals surface area contributed by atoms with E-state index in [0.717, 1.165) is 17.6 Å². The van der Waals surface area contributed by atoms with Crippen LogP contribution in [-0.4, -0.2) is 0 Å². The highest BCUT2D eigenvalue weighted by molar-refractivity contribution is 5.98. The SMILES string of the molecule is C1=COC(Oc2ccc3cc4ccccc4cc3c2)=CC1. The first-order valence-electron chi connectivity index (χ1n) is 7.01. The lowest BCUT2D eigenvalue weighted by Crippen LogP contribution is -1.99. The van der Waals surface area contributed by atoms with E-state index in [2.05, 4.69) is 42.5 Å². The molecule has 0 radical (unpaired) electrons. The summed E-state index contributed by atoms with van der Waals surface area (Å²) in [6.07, 6.45) is 6.36. The van der Waals surface area contributed by atoms with Gasteiger partial charge in [0.2, 0.25) is 0 Å². The highest BCUT2D eigenvalue weighted by Crippen LogP contribution is 2.27. The van der Waals surface area contributed by atoms with E-state index in [9.17, 15) is 0 Å². The van der Waals surface area contributed by atoms with Crippen molar-refractivity contribution < 1.29 is 9.47 Å². The number of hydrogen-bond donors (Lipinski definition) is 0. The lowest BCUT2D eigenvalue weighted by Gasteiger charge is -2.11. The van der Waals surface area contributed by atoms with E-state index in [0.29, 0.717) is 5.95 Å². The Bertz CT molecular complexity index is 875. The number of rotatable bonds is 2. The summed E-state index contributed by atoms with van der Waals surface area (Å²) >= 11 is 0. The van der Waals surface area contributed by atoms with E-state index in [4.69, 9.17) is 9.47 Å². The zero-order valence-electron chi connectivity index (χ0n) is 11.5. The van der Waals surface area contributed by atoms with Crippen molar-refractivity contribution in [1.29, 1.82) is 0 Å². The van der Waals surface area contributed by atoms with Gasteiger partial charge in [-0.3, -0.25) is 0 Å². The summed E-state index contributed by atoms with van der Waals surface area (Å²) < 4.78 is 11.1.